The number of carbonyl (C=O) groups excluding carboxylic acids is 6. The zero-order valence-electron chi connectivity index (χ0n) is 33.7. The van der Waals surface area contributed by atoms with Gasteiger partial charge in [-0.3, -0.25) is 19.2 Å². The molecule has 330 valence electrons. The highest BCUT2D eigenvalue weighted by Crippen LogP contribution is 2.37. The van der Waals surface area contributed by atoms with Crippen molar-refractivity contribution in [3.63, 3.8) is 0 Å². The first kappa shape index (κ1) is 48.4. The summed E-state index contributed by atoms with van der Waals surface area (Å²) in [5.41, 5.74) is 29.6. The Bertz CT molecular complexity index is 2420. The topological polar surface area (TPSA) is 371 Å². The standard InChI is InChI=1S/C40H42ClN11O10S/c1-19(49-35(55)29(44)11-31(46)53)39(57)61-17-26(62-40(58)20(2)50-36(56)30(45)12-32(47)54)16-59-25-9-5-21(6-10-25)33-27(13-42)34(48)52-38(28(33)14-43)63-18-24-15-60-37(51-24)22-3-7-23(41)8-4-22/h3-10,15,19-20,26,29-30H,11-12,16-18,44-45H2,1-2H3,(H2,46,53)(H2,47,54)(H2,48,52)(H,49,55)(H,50,56). The predicted octanol–water partition coefficient (Wildman–Crippen LogP) is 0.923. The van der Waals surface area contributed by atoms with E-state index >= 15 is 0 Å². The molecule has 23 heteroatoms. The molecular formula is C40H42ClN11O10S. The van der Waals surface area contributed by atoms with Gasteiger partial charge in [-0.1, -0.05) is 35.5 Å². The number of rotatable bonds is 21. The van der Waals surface area contributed by atoms with Crippen molar-refractivity contribution in [2.45, 2.75) is 67.7 Å². The van der Waals surface area contributed by atoms with Crippen molar-refractivity contribution in [3.8, 4) is 40.5 Å². The number of aromatic nitrogens is 2. The average molecular weight is 904 g/mol. The molecule has 12 N–H and O–H groups in total. The Morgan fingerprint density at radius 1 is 0.810 bits per heavy atom. The molecule has 0 aliphatic heterocycles. The number of nitrogens with one attached hydrogen (secondary N) is 2. The molecule has 0 saturated carbocycles. The molecule has 2 aromatic carbocycles. The van der Waals surface area contributed by atoms with Crippen molar-refractivity contribution in [1.82, 2.24) is 20.6 Å². The number of carbonyl (C=O) groups is 6. The van der Waals surface area contributed by atoms with Crippen molar-refractivity contribution in [3.05, 3.63) is 76.6 Å². The first-order chi connectivity index (χ1) is 29.9. The maximum Gasteiger partial charge on any atom is 0.328 e. The number of pyridine rings is 1. The van der Waals surface area contributed by atoms with Crippen molar-refractivity contribution in [1.29, 1.82) is 10.5 Å². The van der Waals surface area contributed by atoms with Crippen LogP contribution in [0, 0.1) is 22.7 Å². The second-order valence-corrected chi connectivity index (χ2v) is 15.0. The molecule has 2 aromatic heterocycles. The smallest absolute Gasteiger partial charge is 0.328 e. The number of nitrogen functional groups attached to an aromatic ring is 1. The molecule has 4 rings (SSSR count). The van der Waals surface area contributed by atoms with E-state index in [4.69, 9.17) is 58.9 Å². The first-order valence-corrected chi connectivity index (χ1v) is 20.0. The van der Waals surface area contributed by atoms with Crippen LogP contribution in [0.2, 0.25) is 5.02 Å². The lowest BCUT2D eigenvalue weighted by atomic mass is 9.97. The van der Waals surface area contributed by atoms with Gasteiger partial charge >= 0.3 is 11.9 Å². The fourth-order valence-corrected chi connectivity index (χ4v) is 6.40. The van der Waals surface area contributed by atoms with Gasteiger partial charge in [-0.2, -0.15) is 10.5 Å². The summed E-state index contributed by atoms with van der Waals surface area (Å²) in [6, 6.07) is 11.9. The summed E-state index contributed by atoms with van der Waals surface area (Å²) >= 11 is 7.15. The summed E-state index contributed by atoms with van der Waals surface area (Å²) in [6.07, 6.45) is -0.800. The number of halogens is 1. The first-order valence-electron chi connectivity index (χ1n) is 18.7. The molecule has 0 radical (unpaired) electrons. The molecule has 0 fully saturated rings. The second kappa shape index (κ2) is 22.6. The normalized spacial score (nSPS) is 13.1. The number of oxazole rings is 1. The summed E-state index contributed by atoms with van der Waals surface area (Å²) in [5, 5.41) is 25.7. The molecule has 4 aromatic rings. The number of esters is 2. The SMILES string of the molecule is CC(NC(=O)C(N)CC(N)=O)C(=O)OCC(COc1ccc(-c2c(C#N)c(N)nc(SCc3coc(-c4ccc(Cl)cc4)n3)c2C#N)cc1)OC(=O)C(C)NC(=O)C(N)CC(N)=O. The summed E-state index contributed by atoms with van der Waals surface area (Å²) in [6.45, 7) is 1.53. The van der Waals surface area contributed by atoms with Crippen LogP contribution in [0.15, 0.2) is 64.2 Å². The van der Waals surface area contributed by atoms with Crippen LogP contribution in [-0.2, 0) is 44.0 Å². The highest BCUT2D eigenvalue weighted by Gasteiger charge is 2.28. The Kier molecular flexibility index (Phi) is 17.3. The number of benzene rings is 2. The van der Waals surface area contributed by atoms with Crippen LogP contribution < -0.4 is 44.0 Å². The molecule has 0 saturated heterocycles. The van der Waals surface area contributed by atoms with Gasteiger partial charge in [-0.25, -0.2) is 19.6 Å². The van der Waals surface area contributed by atoms with E-state index in [1.54, 1.807) is 36.4 Å². The number of nitriles is 2. The van der Waals surface area contributed by atoms with Crippen molar-refractivity contribution in [2.24, 2.45) is 22.9 Å². The quantitative estimate of drug-likeness (QED) is 0.0451. The molecule has 2 heterocycles. The Balaban J connectivity index is 1.50. The lowest BCUT2D eigenvalue weighted by molar-refractivity contribution is -0.163. The van der Waals surface area contributed by atoms with E-state index in [9.17, 15) is 39.3 Å². The molecule has 4 amide bonds. The summed E-state index contributed by atoms with van der Waals surface area (Å²) in [5.74, 6) is -4.67. The van der Waals surface area contributed by atoms with E-state index in [-0.39, 0.29) is 39.0 Å². The number of hydrogen-bond donors (Lipinski definition) is 7. The van der Waals surface area contributed by atoms with E-state index in [0.29, 0.717) is 27.7 Å². The van der Waals surface area contributed by atoms with E-state index < -0.39 is 91.9 Å². The van der Waals surface area contributed by atoms with Crippen LogP contribution in [-0.4, -0.2) is 89.0 Å². The Hall–Kier alpha value is -7.24. The summed E-state index contributed by atoms with van der Waals surface area (Å²) in [7, 11) is 0. The van der Waals surface area contributed by atoms with Crippen LogP contribution in [0.25, 0.3) is 22.6 Å². The average Bonchev–Trinajstić information content (AvgIpc) is 3.72. The van der Waals surface area contributed by atoms with Gasteiger partial charge in [-0.05, 0) is 55.8 Å². The number of ether oxygens (including phenoxy) is 3. The van der Waals surface area contributed by atoms with Gasteiger partial charge < -0.3 is 57.9 Å². The predicted molar refractivity (Wildman–Crippen MR) is 225 cm³/mol. The highest BCUT2D eigenvalue weighted by atomic mass is 35.5. The molecule has 5 unspecified atom stereocenters. The maximum absolute atomic E-state index is 13.1. The van der Waals surface area contributed by atoms with E-state index in [1.165, 1.54) is 32.2 Å². The minimum absolute atomic E-state index is 0.0399. The van der Waals surface area contributed by atoms with Crippen molar-refractivity contribution >= 4 is 64.7 Å². The van der Waals surface area contributed by atoms with Crippen LogP contribution in [0.5, 0.6) is 5.75 Å². The third-order valence-corrected chi connectivity index (χ3v) is 9.89. The number of nitrogens with zero attached hydrogens (tertiary/aromatic N) is 4. The monoisotopic (exact) mass is 903 g/mol. The third-order valence-electron chi connectivity index (χ3n) is 8.63. The van der Waals surface area contributed by atoms with Gasteiger partial charge in [0, 0.05) is 21.9 Å². The number of hydrogen-bond acceptors (Lipinski definition) is 18. The maximum atomic E-state index is 13.1. The summed E-state index contributed by atoms with van der Waals surface area (Å²) in [4.78, 5) is 81.7. The second-order valence-electron chi connectivity index (χ2n) is 13.6. The number of nitrogens with two attached hydrogens (primary N) is 5. The van der Waals surface area contributed by atoms with Gasteiger partial charge in [0.05, 0.1) is 36.2 Å². The molecule has 0 spiro atoms. The molecule has 0 aliphatic rings. The number of anilines is 1. The van der Waals surface area contributed by atoms with Gasteiger partial charge in [-0.15, -0.1) is 0 Å². The molecule has 63 heavy (non-hydrogen) atoms. The molecular weight excluding hydrogens is 862 g/mol. The largest absolute Gasteiger partial charge is 0.490 e. The summed E-state index contributed by atoms with van der Waals surface area (Å²) < 4.78 is 22.3. The fraction of sp³-hybridized carbons (Fsp3) is 0.300. The lowest BCUT2D eigenvalue weighted by Crippen LogP contribution is -2.50. The molecule has 21 nitrogen and oxygen atoms in total. The van der Waals surface area contributed by atoms with Gasteiger partial charge in [0.25, 0.3) is 0 Å². The Labute approximate surface area is 368 Å². The molecule has 0 bridgehead atoms. The van der Waals surface area contributed by atoms with Gasteiger partial charge in [0.2, 0.25) is 29.5 Å². The minimum atomic E-state index is -1.34. The van der Waals surface area contributed by atoms with Crippen molar-refractivity contribution < 1.29 is 47.4 Å². The van der Waals surface area contributed by atoms with Gasteiger partial charge in [0.1, 0.15) is 65.9 Å². The Morgan fingerprint density at radius 3 is 1.92 bits per heavy atom. The number of amides is 4. The van der Waals surface area contributed by atoms with E-state index in [0.717, 1.165) is 11.8 Å². The van der Waals surface area contributed by atoms with Crippen LogP contribution in [0.4, 0.5) is 5.82 Å². The fourth-order valence-electron chi connectivity index (χ4n) is 5.40. The lowest BCUT2D eigenvalue weighted by Gasteiger charge is -2.23. The number of primary amides is 2. The van der Waals surface area contributed by atoms with Crippen molar-refractivity contribution in [2.75, 3.05) is 18.9 Å². The zero-order valence-corrected chi connectivity index (χ0v) is 35.2. The highest BCUT2D eigenvalue weighted by molar-refractivity contribution is 7.98. The van der Waals surface area contributed by atoms with Crippen LogP contribution in [0.1, 0.15) is 43.5 Å². The molecule has 0 aliphatic carbocycles. The van der Waals surface area contributed by atoms with Crippen LogP contribution >= 0.6 is 23.4 Å². The molecule has 5 atom stereocenters. The number of thioether (sulfide) groups is 1. The third kappa shape index (κ3) is 13.9. The Morgan fingerprint density at radius 2 is 1.37 bits per heavy atom. The van der Waals surface area contributed by atoms with Crippen LogP contribution in [0.3, 0.4) is 0 Å². The van der Waals surface area contributed by atoms with Gasteiger partial charge in [0.15, 0.2) is 6.10 Å². The van der Waals surface area contributed by atoms with E-state index in [2.05, 4.69) is 26.7 Å². The minimum Gasteiger partial charge on any atom is -0.490 e. The zero-order chi connectivity index (χ0) is 46.4. The van der Waals surface area contributed by atoms with E-state index in [1.807, 2.05) is 6.07 Å².